The van der Waals surface area contributed by atoms with Crippen LogP contribution in [0.5, 0.6) is 11.5 Å². The minimum atomic E-state index is -0.222. The highest BCUT2D eigenvalue weighted by atomic mass is 16.6. The largest absolute Gasteiger partial charge is 0.486 e. The van der Waals surface area contributed by atoms with Crippen LogP contribution < -0.4 is 20.1 Å². The predicted molar refractivity (Wildman–Crippen MR) is 102 cm³/mol. The second-order valence-corrected chi connectivity index (χ2v) is 6.54. The third-order valence-corrected chi connectivity index (χ3v) is 4.52. The van der Waals surface area contributed by atoms with Gasteiger partial charge in [-0.1, -0.05) is 24.3 Å². The summed E-state index contributed by atoms with van der Waals surface area (Å²) in [6, 6.07) is 15.2. The first kappa shape index (κ1) is 17.3. The first-order valence-corrected chi connectivity index (χ1v) is 9.10. The van der Waals surface area contributed by atoms with E-state index in [2.05, 4.69) is 10.6 Å². The van der Waals surface area contributed by atoms with E-state index >= 15 is 0 Å². The molecule has 1 aliphatic rings. The van der Waals surface area contributed by atoms with Crippen LogP contribution in [-0.4, -0.2) is 25.8 Å². The van der Waals surface area contributed by atoms with Gasteiger partial charge in [-0.3, -0.25) is 0 Å². The number of ether oxygens (including phenoxy) is 2. The number of hydrogen-bond donors (Lipinski definition) is 2. The maximum atomic E-state index is 12.2. The van der Waals surface area contributed by atoms with Gasteiger partial charge in [-0.15, -0.1) is 0 Å². The summed E-state index contributed by atoms with van der Waals surface area (Å²) in [7, 11) is 0. The number of para-hydroxylation sites is 1. The van der Waals surface area contributed by atoms with Crippen LogP contribution >= 0.6 is 0 Å². The van der Waals surface area contributed by atoms with Crippen LogP contribution in [-0.2, 0) is 6.42 Å². The highest BCUT2D eigenvalue weighted by Crippen LogP contribution is 2.30. The zero-order valence-electron chi connectivity index (χ0n) is 15.2. The summed E-state index contributed by atoms with van der Waals surface area (Å²) < 4.78 is 16.9. The van der Waals surface area contributed by atoms with Gasteiger partial charge in [-0.25, -0.2) is 4.79 Å². The molecule has 2 aromatic carbocycles. The molecule has 140 valence electrons. The molecular formula is C21H22N2O4. The monoisotopic (exact) mass is 366 g/mol. The molecule has 0 saturated carbocycles. The number of amides is 2. The minimum Gasteiger partial charge on any atom is -0.486 e. The number of nitrogens with one attached hydrogen (secondary N) is 2. The van der Waals surface area contributed by atoms with Crippen molar-refractivity contribution >= 4 is 17.0 Å². The van der Waals surface area contributed by atoms with Gasteiger partial charge in [-0.05, 0) is 43.2 Å². The van der Waals surface area contributed by atoms with Gasteiger partial charge in [0.2, 0.25) is 0 Å². The molecule has 6 nitrogen and oxygen atoms in total. The summed E-state index contributed by atoms with van der Waals surface area (Å²) in [5.41, 5.74) is 1.91. The lowest BCUT2D eigenvalue weighted by Gasteiger charge is -2.19. The van der Waals surface area contributed by atoms with E-state index in [-0.39, 0.29) is 12.1 Å². The topological polar surface area (TPSA) is 72.7 Å². The van der Waals surface area contributed by atoms with Gasteiger partial charge < -0.3 is 24.5 Å². The zero-order valence-corrected chi connectivity index (χ0v) is 15.2. The van der Waals surface area contributed by atoms with Crippen molar-refractivity contribution in [3.63, 3.8) is 0 Å². The van der Waals surface area contributed by atoms with Gasteiger partial charge in [-0.2, -0.15) is 0 Å². The number of rotatable bonds is 5. The Labute approximate surface area is 157 Å². The summed E-state index contributed by atoms with van der Waals surface area (Å²) in [4.78, 5) is 12.2. The SMILES string of the molecule is CC(NC(=O)NCCc1ccc2c(c1)OCCO2)c1cc2ccccc2o1. The summed E-state index contributed by atoms with van der Waals surface area (Å²) in [5.74, 6) is 2.27. The van der Waals surface area contributed by atoms with Crippen LogP contribution in [0.2, 0.25) is 0 Å². The third kappa shape index (κ3) is 4.00. The van der Waals surface area contributed by atoms with E-state index in [1.807, 2.05) is 55.5 Å². The summed E-state index contributed by atoms with van der Waals surface area (Å²) >= 11 is 0. The molecule has 1 aliphatic heterocycles. The quantitative estimate of drug-likeness (QED) is 0.720. The van der Waals surface area contributed by atoms with Crippen LogP contribution in [0.4, 0.5) is 4.79 Å². The van der Waals surface area contributed by atoms with Crippen molar-refractivity contribution in [1.82, 2.24) is 10.6 Å². The van der Waals surface area contributed by atoms with Gasteiger partial charge in [0, 0.05) is 11.9 Å². The molecule has 0 saturated heterocycles. The molecule has 0 bridgehead atoms. The lowest BCUT2D eigenvalue weighted by atomic mass is 10.1. The number of carbonyl (C=O) groups is 1. The number of furan rings is 1. The Bertz CT molecular complexity index is 917. The smallest absolute Gasteiger partial charge is 0.315 e. The standard InChI is InChI=1S/C21H22N2O4/c1-14(19-13-16-4-2-3-5-17(16)27-19)23-21(24)22-9-8-15-6-7-18-20(12-15)26-11-10-25-18/h2-7,12-14H,8-11H2,1H3,(H2,22,23,24). The molecule has 27 heavy (non-hydrogen) atoms. The van der Waals surface area contributed by atoms with E-state index in [9.17, 15) is 4.79 Å². The average molecular weight is 366 g/mol. The summed E-state index contributed by atoms with van der Waals surface area (Å²) in [5, 5.41) is 6.81. The van der Waals surface area contributed by atoms with Crippen molar-refractivity contribution in [2.24, 2.45) is 0 Å². The Balaban J connectivity index is 1.28. The fraction of sp³-hybridized carbons (Fsp3) is 0.286. The van der Waals surface area contributed by atoms with E-state index in [1.54, 1.807) is 0 Å². The van der Waals surface area contributed by atoms with E-state index in [0.717, 1.165) is 33.8 Å². The van der Waals surface area contributed by atoms with Gasteiger partial charge in [0.05, 0.1) is 6.04 Å². The van der Waals surface area contributed by atoms with E-state index < -0.39 is 0 Å². The van der Waals surface area contributed by atoms with E-state index in [1.165, 1.54) is 0 Å². The number of hydrogen-bond acceptors (Lipinski definition) is 4. The Morgan fingerprint density at radius 3 is 2.74 bits per heavy atom. The third-order valence-electron chi connectivity index (χ3n) is 4.52. The average Bonchev–Trinajstić information content (AvgIpc) is 3.12. The molecule has 6 heteroatoms. The van der Waals surface area contributed by atoms with Gasteiger partial charge in [0.1, 0.15) is 24.6 Å². The molecule has 0 fully saturated rings. The number of urea groups is 1. The Morgan fingerprint density at radius 2 is 1.89 bits per heavy atom. The first-order chi connectivity index (χ1) is 13.2. The van der Waals surface area contributed by atoms with Gasteiger partial charge >= 0.3 is 6.03 Å². The second-order valence-electron chi connectivity index (χ2n) is 6.54. The van der Waals surface area contributed by atoms with Crippen LogP contribution in [0.3, 0.4) is 0 Å². The zero-order chi connectivity index (χ0) is 18.6. The molecule has 2 N–H and O–H groups in total. The first-order valence-electron chi connectivity index (χ1n) is 9.10. The maximum absolute atomic E-state index is 12.2. The van der Waals surface area contributed by atoms with Crippen molar-refractivity contribution in [3.05, 3.63) is 59.9 Å². The van der Waals surface area contributed by atoms with E-state index in [0.29, 0.717) is 26.2 Å². The van der Waals surface area contributed by atoms with Crippen molar-refractivity contribution in [2.75, 3.05) is 19.8 Å². The van der Waals surface area contributed by atoms with Crippen molar-refractivity contribution in [1.29, 1.82) is 0 Å². The van der Waals surface area contributed by atoms with Crippen molar-refractivity contribution in [3.8, 4) is 11.5 Å². The molecule has 2 heterocycles. The molecule has 0 spiro atoms. The van der Waals surface area contributed by atoms with Crippen molar-refractivity contribution < 1.29 is 18.7 Å². The molecule has 0 radical (unpaired) electrons. The number of fused-ring (bicyclic) bond motifs is 2. The molecule has 1 unspecified atom stereocenters. The van der Waals surface area contributed by atoms with Crippen LogP contribution in [0.15, 0.2) is 52.9 Å². The molecule has 4 rings (SSSR count). The molecule has 2 amide bonds. The van der Waals surface area contributed by atoms with Crippen molar-refractivity contribution in [2.45, 2.75) is 19.4 Å². The number of carbonyl (C=O) groups excluding carboxylic acids is 1. The lowest BCUT2D eigenvalue weighted by molar-refractivity contribution is 0.171. The number of benzene rings is 2. The Morgan fingerprint density at radius 1 is 1.07 bits per heavy atom. The fourth-order valence-electron chi connectivity index (χ4n) is 3.10. The minimum absolute atomic E-state index is 0.216. The summed E-state index contributed by atoms with van der Waals surface area (Å²) in [6.07, 6.45) is 0.711. The highest BCUT2D eigenvalue weighted by Gasteiger charge is 2.14. The predicted octanol–water partition coefficient (Wildman–Crippen LogP) is 3.81. The Hall–Kier alpha value is -3.15. The summed E-state index contributed by atoms with van der Waals surface area (Å²) in [6.45, 7) is 3.57. The van der Waals surface area contributed by atoms with Gasteiger partial charge in [0.25, 0.3) is 0 Å². The molecule has 0 aliphatic carbocycles. The normalized spacial score (nSPS) is 14.0. The van der Waals surface area contributed by atoms with E-state index in [4.69, 9.17) is 13.9 Å². The molecule has 1 aromatic heterocycles. The van der Waals surface area contributed by atoms with Crippen LogP contribution in [0.1, 0.15) is 24.3 Å². The van der Waals surface area contributed by atoms with Gasteiger partial charge in [0.15, 0.2) is 11.5 Å². The maximum Gasteiger partial charge on any atom is 0.315 e. The lowest BCUT2D eigenvalue weighted by Crippen LogP contribution is -2.37. The van der Waals surface area contributed by atoms with Crippen LogP contribution in [0, 0.1) is 0 Å². The molecule has 3 aromatic rings. The van der Waals surface area contributed by atoms with Crippen LogP contribution in [0.25, 0.3) is 11.0 Å². The second kappa shape index (κ2) is 7.61. The molecule has 1 atom stereocenters. The molecular weight excluding hydrogens is 344 g/mol. The fourth-order valence-corrected chi connectivity index (χ4v) is 3.10. The Kier molecular flexibility index (Phi) is 4.87. The highest BCUT2D eigenvalue weighted by molar-refractivity contribution is 5.78.